The van der Waals surface area contributed by atoms with E-state index in [2.05, 4.69) is 15.2 Å². The minimum Gasteiger partial charge on any atom is -0.410 e. The van der Waals surface area contributed by atoms with E-state index in [1.165, 1.54) is 9.58 Å². The van der Waals surface area contributed by atoms with Crippen LogP contribution in [0.3, 0.4) is 0 Å². The number of hydrogen-bond acceptors (Lipinski definition) is 6. The average molecular weight is 430 g/mol. The van der Waals surface area contributed by atoms with Gasteiger partial charge in [-0.1, -0.05) is 16.8 Å². The molecule has 2 heterocycles. The van der Waals surface area contributed by atoms with Crippen molar-refractivity contribution < 1.29 is 18.8 Å². The number of halogens is 3. The Morgan fingerprint density at radius 3 is 2.89 bits per heavy atom. The second kappa shape index (κ2) is 8.44. The molecule has 150 valence electrons. The molecule has 1 aliphatic rings. The molecule has 0 spiro atoms. The number of hydrogen-bond donors (Lipinski definition) is 1. The molecule has 1 fully saturated rings. The summed E-state index contributed by atoms with van der Waals surface area (Å²) in [4.78, 5) is 18.1. The fraction of sp³-hybridized carbons (Fsp3) is 0.412. The summed E-state index contributed by atoms with van der Waals surface area (Å²) in [5.41, 5.74) is 0.870. The molecule has 7 nitrogen and oxygen atoms in total. The fourth-order valence-corrected chi connectivity index (χ4v) is 3.98. The highest BCUT2D eigenvalue weighted by Gasteiger charge is 2.56. The maximum Gasteiger partial charge on any atom is 0.277 e. The van der Waals surface area contributed by atoms with Crippen molar-refractivity contribution in [3.05, 3.63) is 35.9 Å². The first-order valence-corrected chi connectivity index (χ1v) is 10.0. The highest BCUT2D eigenvalue weighted by atomic mass is 35.5. The third kappa shape index (κ3) is 4.44. The second-order valence-electron chi connectivity index (χ2n) is 6.23. The summed E-state index contributed by atoms with van der Waals surface area (Å²) in [7, 11) is 0. The predicted octanol–water partition coefficient (Wildman–Crippen LogP) is 3.49. The number of alkyl halides is 2. The molecule has 1 aliphatic carbocycles. The minimum absolute atomic E-state index is 0.0206. The van der Waals surface area contributed by atoms with Crippen molar-refractivity contribution in [2.24, 2.45) is 11.1 Å². The Kier molecular flexibility index (Phi) is 6.19. The molecule has 2 aromatic heterocycles. The maximum absolute atomic E-state index is 13.0. The van der Waals surface area contributed by atoms with Gasteiger partial charge in [0, 0.05) is 36.6 Å². The summed E-state index contributed by atoms with van der Waals surface area (Å²) in [6.07, 6.45) is 4.66. The lowest BCUT2D eigenvalue weighted by molar-refractivity contribution is -0.112. The molecule has 0 radical (unpaired) electrons. The van der Waals surface area contributed by atoms with Gasteiger partial charge in [-0.15, -0.1) is 0 Å². The van der Waals surface area contributed by atoms with Crippen LogP contribution in [0.4, 0.5) is 14.5 Å². The van der Waals surface area contributed by atoms with Gasteiger partial charge in [-0.05, 0) is 19.1 Å². The van der Waals surface area contributed by atoms with Gasteiger partial charge in [0.1, 0.15) is 5.69 Å². The zero-order valence-corrected chi connectivity index (χ0v) is 16.5. The lowest BCUT2D eigenvalue weighted by Crippen LogP contribution is -2.37. The van der Waals surface area contributed by atoms with E-state index in [0.717, 1.165) is 11.8 Å². The number of carbonyl (C=O) groups is 1. The van der Waals surface area contributed by atoms with Gasteiger partial charge in [-0.2, -0.15) is 16.9 Å². The van der Waals surface area contributed by atoms with Crippen LogP contribution < -0.4 is 4.90 Å². The van der Waals surface area contributed by atoms with Crippen LogP contribution >= 0.6 is 23.4 Å². The first-order chi connectivity index (χ1) is 13.4. The predicted molar refractivity (Wildman–Crippen MR) is 104 cm³/mol. The summed E-state index contributed by atoms with van der Waals surface area (Å²) in [5.74, 6) is -3.63. The van der Waals surface area contributed by atoms with Crippen molar-refractivity contribution in [2.45, 2.75) is 19.3 Å². The molecule has 0 saturated heterocycles. The molecule has 28 heavy (non-hydrogen) atoms. The summed E-state index contributed by atoms with van der Waals surface area (Å²) >= 11 is 7.34. The van der Waals surface area contributed by atoms with Gasteiger partial charge < -0.3 is 10.1 Å². The largest absolute Gasteiger partial charge is 0.410 e. The number of thioether (sulfide) groups is 1. The third-order valence-corrected chi connectivity index (χ3v) is 5.68. The first-order valence-electron chi connectivity index (χ1n) is 8.51. The van der Waals surface area contributed by atoms with Gasteiger partial charge in [0.25, 0.3) is 11.8 Å². The Balaban J connectivity index is 1.71. The Morgan fingerprint density at radius 1 is 1.57 bits per heavy atom. The first kappa shape index (κ1) is 20.5. The summed E-state index contributed by atoms with van der Waals surface area (Å²) in [5, 5.41) is 16.6. The Hall–Kier alpha value is -2.20. The number of aromatic nitrogens is 3. The Labute approximate surface area is 169 Å². The van der Waals surface area contributed by atoms with Gasteiger partial charge in [-0.3, -0.25) is 9.78 Å². The standard InChI is InChI=1S/C17H18ClF2N5O2S/c1-2-24(14-8-25(22-15(14)18)12-4-3-5-21-7-12)16(26)13(23-27)10-28-9-11-6-17(11,19)20/h3-5,7-8,11,27H,2,6,9-10H2,1H3/b23-13+. The van der Waals surface area contributed by atoms with Crippen molar-refractivity contribution >= 4 is 40.7 Å². The zero-order chi connectivity index (χ0) is 20.3. The van der Waals surface area contributed by atoms with Crippen LogP contribution in [0, 0.1) is 5.92 Å². The second-order valence-corrected chi connectivity index (χ2v) is 7.62. The van der Waals surface area contributed by atoms with E-state index in [0.29, 0.717) is 11.4 Å². The lowest BCUT2D eigenvalue weighted by Gasteiger charge is -2.19. The summed E-state index contributed by atoms with van der Waals surface area (Å²) in [6.45, 7) is 1.99. The Bertz CT molecular complexity index is 878. The molecule has 1 N–H and O–H groups in total. The van der Waals surface area contributed by atoms with Crippen LogP contribution in [0.25, 0.3) is 5.69 Å². The van der Waals surface area contributed by atoms with Gasteiger partial charge in [0.2, 0.25) is 0 Å². The topological polar surface area (TPSA) is 83.6 Å². The molecule has 3 rings (SSSR count). The highest BCUT2D eigenvalue weighted by molar-refractivity contribution is 8.00. The molecule has 2 aromatic rings. The number of nitrogens with zero attached hydrogens (tertiary/aromatic N) is 5. The summed E-state index contributed by atoms with van der Waals surface area (Å²) < 4.78 is 27.4. The van der Waals surface area contributed by atoms with Crippen LogP contribution in [0.1, 0.15) is 13.3 Å². The number of carbonyl (C=O) groups excluding carboxylic acids is 1. The van der Waals surface area contributed by atoms with Crippen LogP contribution in [0.15, 0.2) is 35.9 Å². The van der Waals surface area contributed by atoms with Crippen LogP contribution in [0.2, 0.25) is 5.15 Å². The molecule has 1 amide bonds. The van der Waals surface area contributed by atoms with Gasteiger partial charge >= 0.3 is 0 Å². The average Bonchev–Trinajstić information content (AvgIpc) is 3.11. The molecule has 1 saturated carbocycles. The number of anilines is 1. The third-order valence-electron chi connectivity index (χ3n) is 4.30. The molecule has 0 aliphatic heterocycles. The molecule has 1 unspecified atom stereocenters. The van der Waals surface area contributed by atoms with Gasteiger partial charge in [0.15, 0.2) is 10.9 Å². The van der Waals surface area contributed by atoms with Crippen molar-refractivity contribution in [3.8, 4) is 5.69 Å². The lowest BCUT2D eigenvalue weighted by atomic mass is 10.3. The van der Waals surface area contributed by atoms with Crippen molar-refractivity contribution in [1.82, 2.24) is 14.8 Å². The van der Waals surface area contributed by atoms with Crippen LogP contribution in [-0.2, 0) is 4.79 Å². The van der Waals surface area contributed by atoms with E-state index in [4.69, 9.17) is 11.6 Å². The van der Waals surface area contributed by atoms with Crippen molar-refractivity contribution in [1.29, 1.82) is 0 Å². The quantitative estimate of drug-likeness (QED) is 0.394. The normalized spacial score (nSPS) is 18.1. The number of pyridine rings is 1. The maximum atomic E-state index is 13.0. The van der Waals surface area contributed by atoms with E-state index in [-0.39, 0.29) is 35.3 Å². The fourth-order valence-electron chi connectivity index (χ4n) is 2.61. The molecule has 11 heteroatoms. The highest BCUT2D eigenvalue weighted by Crippen LogP contribution is 2.50. The molecule has 0 bridgehead atoms. The van der Waals surface area contributed by atoms with Crippen molar-refractivity contribution in [2.75, 3.05) is 23.0 Å². The molecule has 0 aromatic carbocycles. The smallest absolute Gasteiger partial charge is 0.277 e. The van der Waals surface area contributed by atoms with Crippen LogP contribution in [-0.4, -0.2) is 55.6 Å². The zero-order valence-electron chi connectivity index (χ0n) is 14.9. The van der Waals surface area contributed by atoms with E-state index in [1.54, 1.807) is 37.6 Å². The van der Waals surface area contributed by atoms with Crippen LogP contribution in [0.5, 0.6) is 0 Å². The number of amides is 1. The minimum atomic E-state index is -2.61. The Morgan fingerprint density at radius 2 is 2.32 bits per heavy atom. The monoisotopic (exact) mass is 429 g/mol. The van der Waals surface area contributed by atoms with E-state index in [1.807, 2.05) is 0 Å². The molecular weight excluding hydrogens is 412 g/mol. The van der Waals surface area contributed by atoms with E-state index in [9.17, 15) is 18.8 Å². The molecular formula is C17H18ClF2N5O2S. The SMILES string of the molecule is CCN(C(=O)/C(CSCC1CC1(F)F)=N/O)c1cn(-c2cccnc2)nc1Cl. The van der Waals surface area contributed by atoms with Crippen molar-refractivity contribution in [3.63, 3.8) is 0 Å². The number of oxime groups is 1. The number of rotatable bonds is 8. The van der Waals surface area contributed by atoms with E-state index < -0.39 is 17.7 Å². The molecule has 1 atom stereocenters. The van der Waals surface area contributed by atoms with E-state index >= 15 is 0 Å². The van der Waals surface area contributed by atoms with Gasteiger partial charge in [-0.25, -0.2) is 13.5 Å². The van der Waals surface area contributed by atoms with Gasteiger partial charge in [0.05, 0.1) is 18.1 Å². The summed E-state index contributed by atoms with van der Waals surface area (Å²) in [6, 6.07) is 3.52.